The van der Waals surface area contributed by atoms with E-state index in [1.54, 1.807) is 20.8 Å². The van der Waals surface area contributed by atoms with Crippen molar-refractivity contribution < 1.29 is 9.57 Å². The zero-order chi connectivity index (χ0) is 9.56. The molecule has 12 heavy (non-hydrogen) atoms. The Morgan fingerprint density at radius 3 is 2.25 bits per heavy atom. The molecule has 0 amide bonds. The van der Waals surface area contributed by atoms with Crippen LogP contribution in [-0.4, -0.2) is 24.7 Å². The van der Waals surface area contributed by atoms with Gasteiger partial charge in [0.25, 0.3) is 0 Å². The van der Waals surface area contributed by atoms with Gasteiger partial charge in [-0.1, -0.05) is 5.16 Å². The summed E-state index contributed by atoms with van der Waals surface area (Å²) >= 11 is 0. The fourth-order valence-corrected chi connectivity index (χ4v) is 0.366. The van der Waals surface area contributed by atoms with Crippen LogP contribution in [0.1, 0.15) is 20.8 Å². The lowest BCUT2D eigenvalue weighted by molar-refractivity contribution is 0.321. The summed E-state index contributed by atoms with van der Waals surface area (Å²) in [5, 5.41) is 10.7. The Balaban J connectivity index is 4.03. The quantitative estimate of drug-likeness (QED) is 0.368. The highest BCUT2D eigenvalue weighted by atomic mass is 16.6. The number of nitrogens with one attached hydrogen (secondary N) is 1. The van der Waals surface area contributed by atoms with Gasteiger partial charge in [-0.2, -0.15) is 4.99 Å². The number of methoxy groups -OCH3 is 1. The highest BCUT2D eigenvalue weighted by molar-refractivity contribution is 5.88. The average Bonchev–Trinajstić information content (AvgIpc) is 2.00. The molecule has 0 aliphatic carbocycles. The summed E-state index contributed by atoms with van der Waals surface area (Å²) in [5.41, 5.74) is 0.786. The zero-order valence-electron chi connectivity index (χ0n) is 7.71. The Labute approximate surface area is 71.6 Å². The third-order valence-electron chi connectivity index (χ3n) is 0.813. The minimum atomic E-state index is -0.198. The van der Waals surface area contributed by atoms with E-state index < -0.39 is 0 Å². The Hall–Kier alpha value is -1.39. The largest absolute Gasteiger partial charge is 0.467 e. The molecule has 0 rings (SSSR count). The van der Waals surface area contributed by atoms with E-state index in [1.165, 1.54) is 7.11 Å². The van der Waals surface area contributed by atoms with Crippen molar-refractivity contribution in [2.24, 2.45) is 10.1 Å². The Morgan fingerprint density at radius 2 is 1.83 bits per heavy atom. The van der Waals surface area contributed by atoms with E-state index in [9.17, 15) is 0 Å². The topological polar surface area (TPSA) is 67.0 Å². The first kappa shape index (κ1) is 10.6. The molecule has 0 aromatic carbocycles. The van der Waals surface area contributed by atoms with E-state index >= 15 is 0 Å². The molecule has 0 atom stereocenters. The maximum absolute atomic E-state index is 7.02. The molecular formula is C7H13N3O2. The van der Waals surface area contributed by atoms with Crippen LogP contribution in [0.5, 0.6) is 0 Å². The van der Waals surface area contributed by atoms with Gasteiger partial charge in [-0.05, 0) is 13.8 Å². The van der Waals surface area contributed by atoms with Crippen molar-refractivity contribution >= 4 is 17.6 Å². The molecule has 0 heterocycles. The predicted octanol–water partition coefficient (Wildman–Crippen LogP) is 1.40. The molecule has 0 saturated carbocycles. The smallest absolute Gasteiger partial charge is 0.311 e. The Kier molecular flexibility index (Phi) is 4.67. The third kappa shape index (κ3) is 5.40. The maximum Gasteiger partial charge on any atom is 0.311 e. The first-order chi connectivity index (χ1) is 5.56. The molecule has 0 bridgehead atoms. The van der Waals surface area contributed by atoms with E-state index in [0.29, 0.717) is 0 Å². The molecule has 0 aliphatic rings. The van der Waals surface area contributed by atoms with E-state index in [2.05, 4.69) is 14.9 Å². The summed E-state index contributed by atoms with van der Waals surface area (Å²) in [6, 6.07) is -0.198. The van der Waals surface area contributed by atoms with E-state index in [0.717, 1.165) is 5.71 Å². The van der Waals surface area contributed by atoms with Crippen LogP contribution in [-0.2, 0) is 9.57 Å². The van der Waals surface area contributed by atoms with Crippen molar-refractivity contribution in [3.8, 4) is 0 Å². The van der Waals surface area contributed by atoms with Gasteiger partial charge < -0.3 is 9.57 Å². The molecule has 0 aromatic rings. The number of nitrogens with zero attached hydrogens (tertiary/aromatic N) is 2. The predicted molar refractivity (Wildman–Crippen MR) is 47.7 cm³/mol. The molecule has 0 fully saturated rings. The second kappa shape index (κ2) is 5.29. The SMILES string of the molecule is COC(=N)/N=C(\C)ON=C(C)C. The summed E-state index contributed by atoms with van der Waals surface area (Å²) in [7, 11) is 1.37. The van der Waals surface area contributed by atoms with Crippen LogP contribution < -0.4 is 0 Å². The van der Waals surface area contributed by atoms with Gasteiger partial charge >= 0.3 is 6.02 Å². The first-order valence-corrected chi connectivity index (χ1v) is 3.42. The molecule has 5 nitrogen and oxygen atoms in total. The van der Waals surface area contributed by atoms with E-state index in [-0.39, 0.29) is 11.9 Å². The van der Waals surface area contributed by atoms with Crippen molar-refractivity contribution in [2.45, 2.75) is 20.8 Å². The highest BCUT2D eigenvalue weighted by Crippen LogP contribution is 1.87. The van der Waals surface area contributed by atoms with Gasteiger partial charge in [0.05, 0.1) is 12.8 Å². The van der Waals surface area contributed by atoms with Gasteiger partial charge in [-0.15, -0.1) is 0 Å². The van der Waals surface area contributed by atoms with Crippen LogP contribution in [0.15, 0.2) is 10.1 Å². The molecule has 5 heteroatoms. The fraction of sp³-hybridized carbons (Fsp3) is 0.571. The molecular weight excluding hydrogens is 158 g/mol. The zero-order valence-corrected chi connectivity index (χ0v) is 7.71. The van der Waals surface area contributed by atoms with E-state index in [4.69, 9.17) is 10.2 Å². The molecule has 0 aliphatic heterocycles. The second-order valence-electron chi connectivity index (χ2n) is 2.27. The van der Waals surface area contributed by atoms with Crippen LogP contribution >= 0.6 is 0 Å². The molecule has 0 aromatic heterocycles. The summed E-state index contributed by atoms with van der Waals surface area (Å²) in [6.45, 7) is 5.20. The van der Waals surface area contributed by atoms with Gasteiger partial charge in [-0.25, -0.2) is 5.41 Å². The number of hydrogen-bond acceptors (Lipinski definition) is 4. The third-order valence-corrected chi connectivity index (χ3v) is 0.813. The number of rotatable bonds is 1. The van der Waals surface area contributed by atoms with Crippen molar-refractivity contribution in [1.29, 1.82) is 5.41 Å². The van der Waals surface area contributed by atoms with Crippen LogP contribution in [0.25, 0.3) is 0 Å². The minimum Gasteiger partial charge on any atom is -0.467 e. The lowest BCUT2D eigenvalue weighted by Gasteiger charge is -1.97. The van der Waals surface area contributed by atoms with E-state index in [1.807, 2.05) is 0 Å². The lowest BCUT2D eigenvalue weighted by atomic mass is 10.5. The number of hydrogen-bond donors (Lipinski definition) is 1. The van der Waals surface area contributed by atoms with Gasteiger partial charge in [0, 0.05) is 6.92 Å². The standard InChI is InChI=1S/C7H13N3O2/c1-5(2)10-12-6(3)9-7(8)11-4/h8H,1-4H3/b8-7?,9-6+. The van der Waals surface area contributed by atoms with Crippen molar-refractivity contribution in [3.63, 3.8) is 0 Å². The van der Waals surface area contributed by atoms with Gasteiger partial charge in [0.2, 0.25) is 5.90 Å². The van der Waals surface area contributed by atoms with Gasteiger partial charge in [0.15, 0.2) is 0 Å². The van der Waals surface area contributed by atoms with Gasteiger partial charge in [-0.3, -0.25) is 0 Å². The number of aliphatic imine (C=N–C) groups is 1. The van der Waals surface area contributed by atoms with Crippen LogP contribution in [0.2, 0.25) is 0 Å². The molecule has 0 saturated heterocycles. The summed E-state index contributed by atoms with van der Waals surface area (Å²) in [6.07, 6.45) is 0. The Morgan fingerprint density at radius 1 is 1.25 bits per heavy atom. The monoisotopic (exact) mass is 171 g/mol. The lowest BCUT2D eigenvalue weighted by Crippen LogP contribution is -2.02. The van der Waals surface area contributed by atoms with Crippen LogP contribution in [0.4, 0.5) is 0 Å². The molecule has 0 spiro atoms. The number of ether oxygens (including phenoxy) is 1. The highest BCUT2D eigenvalue weighted by Gasteiger charge is 1.94. The maximum atomic E-state index is 7.02. The number of amidine groups is 1. The first-order valence-electron chi connectivity index (χ1n) is 3.42. The Bertz CT molecular complexity index is 217. The van der Waals surface area contributed by atoms with Crippen molar-refractivity contribution in [1.82, 2.24) is 0 Å². The molecule has 0 unspecified atom stereocenters. The second-order valence-corrected chi connectivity index (χ2v) is 2.27. The molecule has 1 N–H and O–H groups in total. The summed E-state index contributed by atoms with van der Waals surface area (Å²) in [5.74, 6) is 0.281. The summed E-state index contributed by atoms with van der Waals surface area (Å²) < 4.78 is 4.49. The van der Waals surface area contributed by atoms with Crippen molar-refractivity contribution in [2.75, 3.05) is 7.11 Å². The van der Waals surface area contributed by atoms with Crippen LogP contribution in [0.3, 0.4) is 0 Å². The fourth-order valence-electron chi connectivity index (χ4n) is 0.366. The minimum absolute atomic E-state index is 0.198. The van der Waals surface area contributed by atoms with Crippen LogP contribution in [0, 0.1) is 5.41 Å². The normalized spacial score (nSPS) is 10.5. The number of oxime groups is 1. The molecule has 0 radical (unpaired) electrons. The van der Waals surface area contributed by atoms with Crippen molar-refractivity contribution in [3.05, 3.63) is 0 Å². The van der Waals surface area contributed by atoms with Gasteiger partial charge in [0.1, 0.15) is 0 Å². The molecule has 68 valence electrons. The summed E-state index contributed by atoms with van der Waals surface area (Å²) in [4.78, 5) is 8.41. The average molecular weight is 171 g/mol.